The number of nitrogens with two attached hydrogens (primary N) is 1. The summed E-state index contributed by atoms with van der Waals surface area (Å²) in [4.78, 5) is 0. The van der Waals surface area contributed by atoms with Crippen LogP contribution in [0, 0.1) is 0 Å². The average Bonchev–Trinajstić information content (AvgIpc) is 3.71. The summed E-state index contributed by atoms with van der Waals surface area (Å²) in [5.41, 5.74) is 12.9. The van der Waals surface area contributed by atoms with E-state index in [2.05, 4.69) is 95.6 Å². The van der Waals surface area contributed by atoms with E-state index in [1.807, 2.05) is 222 Å². The Labute approximate surface area is 513 Å². The molecule has 0 aliphatic carbocycles. The molecular formula is C28H20N2S39. The molecule has 0 aliphatic rings. The minimum atomic E-state index is 0.797. The minimum absolute atomic E-state index is 0.797. The van der Waals surface area contributed by atoms with Gasteiger partial charge < -0.3 is 10.3 Å². The van der Waals surface area contributed by atoms with Crippen LogP contribution < -0.4 is 5.73 Å². The van der Waals surface area contributed by atoms with Crippen molar-refractivity contribution in [1.82, 2.24) is 4.57 Å². The zero-order valence-electron chi connectivity index (χ0n) is 32.3. The van der Waals surface area contributed by atoms with Crippen LogP contribution in [0.25, 0.3) is 49.4 Å². The standard InChI is InChI=1S/C28H20N2.S39/c29-25-12-4-1-9-21(25)20-17-16-19-8-7-15-28(24(19)18-20)30-26-13-5-2-10-22(26)23-11-3-6-14-27(23)30;1-3-5-7-9-11-13-15-17-19-21-23-25-27-29-31-33-35-37-39-38-36-34-32-30-28-26-24-22-20-18-16-14-12-10-8-6-4-2/h1-18H,29H2;. The van der Waals surface area contributed by atoms with Crippen LogP contribution in [0.4, 0.5) is 5.69 Å². The number of rotatable bonds is 2. The molecule has 0 amide bonds. The fourth-order valence-corrected chi connectivity index (χ4v) is 101. The van der Waals surface area contributed by atoms with Crippen molar-refractivity contribution in [2.45, 2.75) is 0 Å². The quantitative estimate of drug-likeness (QED) is 0.188. The second-order valence-corrected chi connectivity index (χ2v) is 75.6. The van der Waals surface area contributed by atoms with Gasteiger partial charge in [0, 0.05) is 378 Å². The van der Waals surface area contributed by atoms with Gasteiger partial charge in [-0.25, -0.2) is 0 Å². The Hall–Kier alpha value is 4.54. The summed E-state index contributed by atoms with van der Waals surface area (Å²) >= 11 is 9.60. The van der Waals surface area contributed by atoms with Crippen LogP contribution in [-0.4, -0.2) is 4.57 Å². The van der Waals surface area contributed by atoms with Gasteiger partial charge in [0.25, 0.3) is 0 Å². The van der Waals surface area contributed by atoms with Crippen molar-refractivity contribution >= 4 is 389 Å². The Morgan fingerprint density at radius 2 is 0.638 bits per heavy atom. The van der Waals surface area contributed by atoms with Gasteiger partial charge in [-0.2, -0.15) is 0 Å². The Morgan fingerprint density at radius 3 is 1.00 bits per heavy atom. The molecule has 0 aliphatic heterocycles. The summed E-state index contributed by atoms with van der Waals surface area (Å²) in [6.45, 7) is 0. The smallest absolute Gasteiger partial charge is 0.0541 e. The van der Waals surface area contributed by atoms with Crippen molar-refractivity contribution in [2.75, 3.05) is 5.73 Å². The van der Waals surface area contributed by atoms with Crippen molar-refractivity contribution < 1.29 is 0 Å². The summed E-state index contributed by atoms with van der Waals surface area (Å²) in [5.74, 6) is 0. The molecule has 1 heterocycles. The van der Waals surface area contributed by atoms with E-state index in [1.165, 1.54) is 56.0 Å². The van der Waals surface area contributed by atoms with Crippen LogP contribution in [0.5, 0.6) is 0 Å². The summed E-state index contributed by atoms with van der Waals surface area (Å²) < 4.78 is 2.38. The van der Waals surface area contributed by atoms with Gasteiger partial charge in [-0.1, -0.05) is 78.9 Å². The number of hydrogen-bond acceptors (Lipinski definition) is 3. The van der Waals surface area contributed by atoms with E-state index >= 15 is 0 Å². The van der Waals surface area contributed by atoms with Crippen molar-refractivity contribution in [3.05, 3.63) is 109 Å². The molecule has 0 radical (unpaired) electrons. The summed E-state index contributed by atoms with van der Waals surface area (Å²) in [6, 6.07) is 38.4. The second kappa shape index (κ2) is 43.4. The van der Waals surface area contributed by atoms with Crippen LogP contribution in [0.3, 0.4) is 0 Å². The van der Waals surface area contributed by atoms with Gasteiger partial charge in [0.2, 0.25) is 0 Å². The van der Waals surface area contributed by atoms with E-state index in [0.29, 0.717) is 0 Å². The van der Waals surface area contributed by atoms with E-state index in [9.17, 15) is 0 Å². The van der Waals surface area contributed by atoms with Crippen molar-refractivity contribution in [3.8, 4) is 16.8 Å². The molecule has 6 aromatic rings. The Kier molecular flexibility index (Phi) is 40.4. The average molecular weight is 1640 g/mol. The first kappa shape index (κ1) is 64.4. The molecule has 0 fully saturated rings. The van der Waals surface area contributed by atoms with Gasteiger partial charge in [-0.05, 0) is 41.3 Å². The number of aromatic nitrogens is 1. The number of nitrogens with zero attached hydrogens (tertiary/aromatic N) is 1. The number of benzene rings is 5. The summed E-state index contributed by atoms with van der Waals surface area (Å²) in [5, 5.41) is 4.97. The van der Waals surface area contributed by atoms with Gasteiger partial charge in [0.15, 0.2) is 0 Å². The number of para-hydroxylation sites is 3. The van der Waals surface area contributed by atoms with Gasteiger partial charge in [-0.3, -0.25) is 0 Å². The highest BCUT2D eigenvalue weighted by Crippen LogP contribution is 2.36. The lowest BCUT2D eigenvalue weighted by molar-refractivity contribution is 1.20. The molecule has 0 bridgehead atoms. The molecule has 41 heteroatoms. The fraction of sp³-hybridized carbons (Fsp3) is 0. The Morgan fingerprint density at radius 1 is 0.304 bits per heavy atom. The molecular weight excluding hydrogens is 1610 g/mol. The third-order valence-electron chi connectivity index (χ3n) is 6.95. The summed E-state index contributed by atoms with van der Waals surface area (Å²) in [7, 11) is 65.6. The molecule has 69 heavy (non-hydrogen) atoms. The minimum Gasteiger partial charge on any atom is -0.398 e. The van der Waals surface area contributed by atoms with Crippen molar-refractivity contribution in [2.24, 2.45) is 0 Å². The van der Waals surface area contributed by atoms with Crippen LogP contribution in [-0.2, 0) is 351 Å². The lowest BCUT2D eigenvalue weighted by Crippen LogP contribution is -1.96. The Bertz CT molecular complexity index is 4490. The van der Waals surface area contributed by atoms with Crippen LogP contribution in [0.2, 0.25) is 0 Å². The third kappa shape index (κ3) is 26.6. The molecule has 1 aromatic heterocycles. The van der Waals surface area contributed by atoms with Gasteiger partial charge in [-0.15, -0.1) is 0 Å². The first-order chi connectivity index (χ1) is 34.2. The highest BCUT2D eigenvalue weighted by atomic mass is 33.5. The molecule has 0 saturated heterocycles. The molecule has 2 nitrogen and oxygen atoms in total. The number of hydrogen-bond donors (Lipinski definition) is 1. The van der Waals surface area contributed by atoms with Crippen molar-refractivity contribution in [3.63, 3.8) is 0 Å². The van der Waals surface area contributed by atoms with E-state index in [4.69, 9.17) is 28.1 Å². The molecule has 6 rings (SSSR count). The van der Waals surface area contributed by atoms with Crippen LogP contribution in [0.15, 0.2) is 109 Å². The van der Waals surface area contributed by atoms with Crippen LogP contribution >= 0.6 is 0 Å². The molecule has 2 N–H and O–H groups in total. The number of nitrogen functional groups attached to an aromatic ring is 1. The first-order valence-electron chi connectivity index (χ1n) is 16.5. The molecule has 5 aromatic carbocycles. The maximum Gasteiger partial charge on any atom is 0.0541 e. The topological polar surface area (TPSA) is 30.9 Å². The van der Waals surface area contributed by atoms with Gasteiger partial charge >= 0.3 is 0 Å². The molecule has 376 valence electrons. The lowest BCUT2D eigenvalue weighted by Gasteiger charge is -2.13. The van der Waals surface area contributed by atoms with Gasteiger partial charge in [0.1, 0.15) is 0 Å². The highest BCUT2D eigenvalue weighted by molar-refractivity contribution is 8.81. The second-order valence-electron chi connectivity index (χ2n) is 10.2. The molecule has 0 atom stereocenters. The van der Waals surface area contributed by atoms with Crippen molar-refractivity contribution in [1.29, 1.82) is 0 Å². The van der Waals surface area contributed by atoms with Crippen LogP contribution in [0.1, 0.15) is 0 Å². The normalized spacial score (nSPS) is 9.33. The zero-order chi connectivity index (χ0) is 48.2. The Balaban J connectivity index is 0.000000263. The zero-order valence-corrected chi connectivity index (χ0v) is 64.2. The monoisotopic (exact) mass is 1630 g/mol. The molecule has 0 spiro atoms. The highest BCUT2D eigenvalue weighted by Gasteiger charge is 2.14. The first-order valence-corrected chi connectivity index (χ1v) is 67.2. The van der Waals surface area contributed by atoms with E-state index in [1.54, 1.807) is 107 Å². The fourth-order valence-electron chi connectivity index (χ4n) is 4.96. The largest absolute Gasteiger partial charge is 0.398 e. The van der Waals surface area contributed by atoms with E-state index in [0.717, 1.165) is 16.8 Å². The third-order valence-corrected chi connectivity index (χ3v) is 87.0. The predicted octanol–water partition coefficient (Wildman–Crippen LogP) is 7.09. The molecule has 0 saturated carbocycles. The summed E-state index contributed by atoms with van der Waals surface area (Å²) in [6.07, 6.45) is 0. The number of anilines is 1. The predicted molar refractivity (Wildman–Crippen MR) is 415 cm³/mol. The van der Waals surface area contributed by atoms with E-state index < -0.39 is 0 Å². The van der Waals surface area contributed by atoms with E-state index in [-0.39, 0.29) is 0 Å². The lowest BCUT2D eigenvalue weighted by atomic mass is 9.99. The number of fused-ring (bicyclic) bond motifs is 4. The van der Waals surface area contributed by atoms with Gasteiger partial charge in [0.05, 0.1) is 16.7 Å². The SMILES string of the molecule is Nc1ccccc1-c1ccc2cccc(-n3c4ccccc4c4ccccc43)c2c1.S=S=S=S=S=S=S=S=S=S=S=S=S=S=S=S=S=S=S=S=S=S=S=S=S=S=S=S=S=S=S=S=S=S=S=S=S=S=S. The molecule has 0 unspecified atom stereocenters. The maximum absolute atomic E-state index is 6.27. The maximum atomic E-state index is 6.27.